The molecule has 0 aromatic carbocycles. The lowest BCUT2D eigenvalue weighted by molar-refractivity contribution is -0.167. The lowest BCUT2D eigenvalue weighted by Crippen LogP contribution is -2.30. The summed E-state index contributed by atoms with van der Waals surface area (Å²) in [5, 5.41) is 0. The van der Waals surface area contributed by atoms with E-state index in [1.807, 2.05) is 0 Å². The van der Waals surface area contributed by atoms with E-state index in [2.05, 4.69) is 45.1 Å². The molecule has 0 radical (unpaired) electrons. The number of carbonyl (C=O) groups is 3. The van der Waals surface area contributed by atoms with Crippen LogP contribution in [0.1, 0.15) is 406 Å². The fourth-order valence-corrected chi connectivity index (χ4v) is 11.1. The molecule has 0 aliphatic carbocycles. The Balaban J connectivity index is 4.09. The Bertz CT molecular complexity index is 1270. The number of esters is 3. The van der Waals surface area contributed by atoms with E-state index in [0.29, 0.717) is 19.3 Å². The van der Waals surface area contributed by atoms with Crippen LogP contribution in [-0.2, 0) is 28.6 Å². The van der Waals surface area contributed by atoms with Crippen LogP contribution in [-0.4, -0.2) is 37.2 Å². The minimum atomic E-state index is -0.775. The van der Waals surface area contributed by atoms with Crippen molar-refractivity contribution in [2.75, 3.05) is 13.2 Å². The molecule has 0 aliphatic heterocycles. The number of ether oxygens (including phenoxy) is 3. The molecule has 0 N–H and O–H groups in total. The van der Waals surface area contributed by atoms with E-state index in [9.17, 15) is 14.4 Å². The van der Waals surface area contributed by atoms with Crippen molar-refractivity contribution in [3.05, 3.63) is 24.3 Å². The van der Waals surface area contributed by atoms with Gasteiger partial charge in [0.05, 0.1) is 0 Å². The van der Waals surface area contributed by atoms with Gasteiger partial charge in [-0.05, 0) is 51.4 Å². The van der Waals surface area contributed by atoms with Crippen molar-refractivity contribution in [1.29, 1.82) is 0 Å². The summed E-state index contributed by atoms with van der Waals surface area (Å²) in [6.07, 6.45) is 83.7. The van der Waals surface area contributed by atoms with Crippen molar-refractivity contribution in [3.8, 4) is 0 Å². The van der Waals surface area contributed by atoms with Crippen LogP contribution in [0.3, 0.4) is 0 Å². The lowest BCUT2D eigenvalue weighted by Gasteiger charge is -2.18. The molecule has 0 aromatic rings. The van der Waals surface area contributed by atoms with Crippen LogP contribution in [0, 0.1) is 0 Å². The van der Waals surface area contributed by atoms with E-state index < -0.39 is 6.10 Å². The second kappa shape index (κ2) is 68.4. The van der Waals surface area contributed by atoms with Crippen LogP contribution in [0.2, 0.25) is 0 Å². The Hall–Kier alpha value is -2.11. The smallest absolute Gasteiger partial charge is 0.306 e. The van der Waals surface area contributed by atoms with Crippen molar-refractivity contribution in [1.82, 2.24) is 0 Å². The predicted octanol–water partition coefficient (Wildman–Crippen LogP) is 24.6. The second-order valence-corrected chi connectivity index (χ2v) is 24.5. The summed E-state index contributed by atoms with van der Waals surface area (Å²) in [5.41, 5.74) is 0. The minimum Gasteiger partial charge on any atom is -0.462 e. The first-order chi connectivity index (χ1) is 39.0. The Morgan fingerprint density at radius 1 is 0.253 bits per heavy atom. The van der Waals surface area contributed by atoms with Gasteiger partial charge in [0.2, 0.25) is 0 Å². The zero-order valence-corrected chi connectivity index (χ0v) is 53.7. The molecule has 0 saturated carbocycles. The number of hydrogen-bond donors (Lipinski definition) is 0. The van der Waals surface area contributed by atoms with Crippen LogP contribution in [0.25, 0.3) is 0 Å². The Morgan fingerprint density at radius 3 is 0.709 bits per heavy atom. The third-order valence-corrected chi connectivity index (χ3v) is 16.5. The van der Waals surface area contributed by atoms with Crippen molar-refractivity contribution in [2.24, 2.45) is 0 Å². The quantitative estimate of drug-likeness (QED) is 0.0261. The van der Waals surface area contributed by atoms with Gasteiger partial charge in [0.1, 0.15) is 13.2 Å². The number of unbranched alkanes of at least 4 members (excludes halogenated alkanes) is 52. The Labute approximate surface area is 493 Å². The summed E-state index contributed by atoms with van der Waals surface area (Å²) in [6.45, 7) is 6.69. The van der Waals surface area contributed by atoms with Crippen molar-refractivity contribution in [3.63, 3.8) is 0 Å². The molecule has 6 heteroatoms. The standard InChI is InChI=1S/C73H138O6/c1-4-7-10-13-16-19-22-25-27-29-30-31-32-33-34-35-36-37-38-39-40-41-42-43-44-46-48-51-54-57-60-63-66-72(75)78-69-70(68-77-71(74)65-62-59-56-53-50-47-24-21-18-15-12-9-6-3)79-73(76)67-64-61-58-55-52-49-45-28-26-23-20-17-14-11-8-5-2/h20,23,28,45,70H,4-19,21-22,24-27,29-44,46-69H2,1-3H3/b23-20-,45-28-. The zero-order chi connectivity index (χ0) is 57.1. The average Bonchev–Trinajstić information content (AvgIpc) is 3.45. The van der Waals surface area contributed by atoms with E-state index in [-0.39, 0.29) is 31.1 Å². The first kappa shape index (κ1) is 76.9. The monoisotopic (exact) mass is 1110 g/mol. The highest BCUT2D eigenvalue weighted by molar-refractivity contribution is 5.71. The van der Waals surface area contributed by atoms with Gasteiger partial charge in [-0.1, -0.05) is 360 Å². The third kappa shape index (κ3) is 66.6. The highest BCUT2D eigenvalue weighted by Gasteiger charge is 2.19. The predicted molar refractivity (Wildman–Crippen MR) is 344 cm³/mol. The van der Waals surface area contributed by atoms with Gasteiger partial charge in [-0.3, -0.25) is 14.4 Å². The van der Waals surface area contributed by atoms with Crippen molar-refractivity contribution < 1.29 is 28.6 Å². The number of allylic oxidation sites excluding steroid dienone is 4. The van der Waals surface area contributed by atoms with Crippen LogP contribution in [0.5, 0.6) is 0 Å². The number of carbonyl (C=O) groups excluding carboxylic acids is 3. The van der Waals surface area contributed by atoms with Crippen molar-refractivity contribution in [2.45, 2.75) is 412 Å². The zero-order valence-electron chi connectivity index (χ0n) is 53.7. The van der Waals surface area contributed by atoms with Gasteiger partial charge < -0.3 is 14.2 Å². The minimum absolute atomic E-state index is 0.0709. The molecule has 466 valence electrons. The normalized spacial score (nSPS) is 12.1. The van der Waals surface area contributed by atoms with E-state index in [0.717, 1.165) is 77.0 Å². The molecule has 0 bridgehead atoms. The first-order valence-corrected chi connectivity index (χ1v) is 35.8. The summed E-state index contributed by atoms with van der Waals surface area (Å²) in [5.74, 6) is -0.855. The molecule has 0 amide bonds. The maximum Gasteiger partial charge on any atom is 0.306 e. The molecule has 79 heavy (non-hydrogen) atoms. The maximum atomic E-state index is 12.9. The van der Waals surface area contributed by atoms with Gasteiger partial charge >= 0.3 is 17.9 Å². The molecule has 0 aromatic heterocycles. The van der Waals surface area contributed by atoms with Gasteiger partial charge in [-0.2, -0.15) is 0 Å². The van der Waals surface area contributed by atoms with Gasteiger partial charge in [0.15, 0.2) is 6.10 Å². The van der Waals surface area contributed by atoms with Gasteiger partial charge in [0.25, 0.3) is 0 Å². The van der Waals surface area contributed by atoms with Gasteiger partial charge in [-0.15, -0.1) is 0 Å². The van der Waals surface area contributed by atoms with Gasteiger partial charge in [0, 0.05) is 19.3 Å². The number of rotatable bonds is 67. The summed E-state index contributed by atoms with van der Waals surface area (Å²) in [7, 11) is 0. The fourth-order valence-electron chi connectivity index (χ4n) is 11.1. The van der Waals surface area contributed by atoms with Gasteiger partial charge in [-0.25, -0.2) is 0 Å². The van der Waals surface area contributed by atoms with Crippen LogP contribution in [0.4, 0.5) is 0 Å². The summed E-state index contributed by atoms with van der Waals surface area (Å²) >= 11 is 0. The molecule has 6 nitrogen and oxygen atoms in total. The van der Waals surface area contributed by atoms with E-state index in [4.69, 9.17) is 14.2 Å². The molecule has 0 spiro atoms. The summed E-state index contributed by atoms with van der Waals surface area (Å²) in [4.78, 5) is 38.3. The number of hydrogen-bond acceptors (Lipinski definition) is 6. The molecule has 0 heterocycles. The highest BCUT2D eigenvalue weighted by atomic mass is 16.6. The Morgan fingerprint density at radius 2 is 0.456 bits per heavy atom. The Kier molecular flexibility index (Phi) is 66.6. The van der Waals surface area contributed by atoms with Crippen LogP contribution < -0.4 is 0 Å². The van der Waals surface area contributed by atoms with Crippen LogP contribution in [0.15, 0.2) is 24.3 Å². The molecule has 1 atom stereocenters. The molecular weight excluding hydrogens is 973 g/mol. The van der Waals surface area contributed by atoms with Crippen LogP contribution >= 0.6 is 0 Å². The SMILES string of the molecule is CCCCCC/C=C\C/C=C\CCCCCCCC(=O)OC(COC(=O)CCCCCCCCCCCCCCC)COC(=O)CCCCCCCCCCCCCCCCCCCCCCCCCCCCCCCCCC. The first-order valence-electron chi connectivity index (χ1n) is 35.8. The second-order valence-electron chi connectivity index (χ2n) is 24.5. The van der Waals surface area contributed by atoms with E-state index >= 15 is 0 Å². The average molecular weight is 1110 g/mol. The molecular formula is C73H138O6. The van der Waals surface area contributed by atoms with Crippen molar-refractivity contribution >= 4 is 17.9 Å². The largest absolute Gasteiger partial charge is 0.462 e. The molecule has 0 fully saturated rings. The van der Waals surface area contributed by atoms with E-state index in [1.54, 1.807) is 0 Å². The van der Waals surface area contributed by atoms with E-state index in [1.165, 1.54) is 289 Å². The fraction of sp³-hybridized carbons (Fsp3) is 0.904. The molecule has 1 unspecified atom stereocenters. The molecule has 0 rings (SSSR count). The summed E-state index contributed by atoms with van der Waals surface area (Å²) in [6, 6.07) is 0. The third-order valence-electron chi connectivity index (χ3n) is 16.5. The molecule has 0 saturated heterocycles. The maximum absolute atomic E-state index is 12.9. The highest BCUT2D eigenvalue weighted by Crippen LogP contribution is 2.19. The lowest BCUT2D eigenvalue weighted by atomic mass is 10.0. The summed E-state index contributed by atoms with van der Waals surface area (Å²) < 4.78 is 17.0. The molecule has 0 aliphatic rings. The topological polar surface area (TPSA) is 78.9 Å².